The molecule has 4 N–H and O–H groups in total. The van der Waals surface area contributed by atoms with Crippen LogP contribution in [0.1, 0.15) is 99.6 Å². The van der Waals surface area contributed by atoms with Gasteiger partial charge in [0.25, 0.3) is 5.91 Å². The van der Waals surface area contributed by atoms with E-state index in [9.17, 15) is 22.8 Å². The van der Waals surface area contributed by atoms with E-state index in [-0.39, 0.29) is 46.9 Å². The lowest BCUT2D eigenvalue weighted by Gasteiger charge is -2.38. The fourth-order valence-corrected chi connectivity index (χ4v) is 11.0. The van der Waals surface area contributed by atoms with Crippen LogP contribution < -0.4 is 25.6 Å². The summed E-state index contributed by atoms with van der Waals surface area (Å²) in [5.74, 6) is -0.573. The summed E-state index contributed by atoms with van der Waals surface area (Å²) in [5, 5.41) is 9.08. The molecule has 1 atom stereocenters. The third-order valence-corrected chi connectivity index (χ3v) is 15.4. The number of carbonyl (C=O) groups excluding carboxylic acids is 3. The van der Waals surface area contributed by atoms with Gasteiger partial charge < -0.3 is 20.4 Å². The molecule has 3 amide bonds. The van der Waals surface area contributed by atoms with Gasteiger partial charge in [0.05, 0.1) is 44.6 Å². The summed E-state index contributed by atoms with van der Waals surface area (Å²) in [4.78, 5) is 60.4. The first-order valence-corrected chi connectivity index (χ1v) is 25.2. The fraction of sp³-hybridized carbons (Fsp3) is 0.438. The number of imide groups is 1. The molecule has 0 aliphatic carbocycles. The Hall–Kier alpha value is -5.85. The van der Waals surface area contributed by atoms with E-state index in [0.29, 0.717) is 40.5 Å². The maximum atomic E-state index is 16.1. The Balaban J connectivity index is 0.831. The molecule has 0 bridgehead atoms. The van der Waals surface area contributed by atoms with Crippen molar-refractivity contribution < 1.29 is 27.2 Å². The summed E-state index contributed by atoms with van der Waals surface area (Å²) < 4.78 is 43.6. The van der Waals surface area contributed by atoms with Gasteiger partial charge in [-0.05, 0) is 111 Å². The average Bonchev–Trinajstić information content (AvgIpc) is 3.76. The molecule has 3 aromatic heterocycles. The lowest BCUT2D eigenvalue weighted by atomic mass is 9.88. The minimum Gasteiger partial charge on any atom is -0.370 e. The number of halogens is 1. The minimum absolute atomic E-state index is 0.113. The normalized spacial score (nSPS) is 18.0. The predicted octanol–water partition coefficient (Wildman–Crippen LogP) is 7.63. The van der Waals surface area contributed by atoms with E-state index in [4.69, 9.17) is 9.97 Å². The molecule has 15 nitrogen and oxygen atoms in total. The summed E-state index contributed by atoms with van der Waals surface area (Å²) in [6, 6.07) is 17.7. The second-order valence-electron chi connectivity index (χ2n) is 18.4. The van der Waals surface area contributed by atoms with Crippen molar-refractivity contribution in [1.82, 2.24) is 35.5 Å². The maximum Gasteiger partial charge on any atom is 0.270 e. The fourth-order valence-electron chi connectivity index (χ4n) is 8.75. The van der Waals surface area contributed by atoms with E-state index in [1.54, 1.807) is 43.6 Å². The Morgan fingerprint density at radius 3 is 2.36 bits per heavy atom. The van der Waals surface area contributed by atoms with Gasteiger partial charge in [-0.25, -0.2) is 32.7 Å². The molecular weight excluding hydrogens is 880 g/mol. The number of piperidine rings is 3. The van der Waals surface area contributed by atoms with Crippen molar-refractivity contribution in [2.45, 2.75) is 90.0 Å². The van der Waals surface area contributed by atoms with Crippen molar-refractivity contribution in [3.05, 3.63) is 95.1 Å². The summed E-state index contributed by atoms with van der Waals surface area (Å²) in [5.41, 5.74) is 4.06. The van der Waals surface area contributed by atoms with Gasteiger partial charge >= 0.3 is 0 Å². The molecule has 348 valence electrons. The van der Waals surface area contributed by atoms with Crippen molar-refractivity contribution >= 4 is 62.1 Å². The molecule has 18 heteroatoms. The second kappa shape index (κ2) is 19.9. The first kappa shape index (κ1) is 46.7. The van der Waals surface area contributed by atoms with Crippen molar-refractivity contribution in [1.29, 1.82) is 0 Å². The SMILES string of the molecule is CCCS(=O)(=O)Nc1cccc(-c2nc(C(C)(C)C)sc2-c2ccnc(Nc3ccc(C4CCN(CC5CCN(c6ccc(C(=O)N[C@@H]7CCC(=O)NC7=O)nc6)CC5)CC4)cc3)n2)c1F. The molecule has 66 heavy (non-hydrogen) atoms. The summed E-state index contributed by atoms with van der Waals surface area (Å²) in [6.45, 7) is 12.9. The van der Waals surface area contributed by atoms with Gasteiger partial charge in [-0.1, -0.05) is 45.9 Å². The molecule has 8 rings (SSSR count). The van der Waals surface area contributed by atoms with Gasteiger partial charge in [-0.15, -0.1) is 11.3 Å². The van der Waals surface area contributed by atoms with Crippen LogP contribution in [-0.2, 0) is 25.0 Å². The number of likely N-dealkylation sites (tertiary alicyclic amines) is 1. The quantitative estimate of drug-likeness (QED) is 0.0798. The van der Waals surface area contributed by atoms with Crippen LogP contribution in [0.3, 0.4) is 0 Å². The van der Waals surface area contributed by atoms with Crippen LogP contribution in [0.15, 0.2) is 73.1 Å². The maximum absolute atomic E-state index is 16.1. The molecule has 3 saturated heterocycles. The van der Waals surface area contributed by atoms with Gasteiger partial charge in [0.15, 0.2) is 5.82 Å². The van der Waals surface area contributed by atoms with Crippen LogP contribution in [0, 0.1) is 11.7 Å². The summed E-state index contributed by atoms with van der Waals surface area (Å²) in [7, 11) is -3.71. The number of aromatic nitrogens is 4. The average molecular weight is 937 g/mol. The lowest BCUT2D eigenvalue weighted by Crippen LogP contribution is -2.52. The van der Waals surface area contributed by atoms with Crippen LogP contribution in [0.2, 0.25) is 0 Å². The van der Waals surface area contributed by atoms with Crippen molar-refractivity contribution in [2.75, 3.05) is 53.4 Å². The number of pyridine rings is 1. The number of anilines is 4. The third kappa shape index (κ3) is 11.2. The third-order valence-electron chi connectivity index (χ3n) is 12.4. The van der Waals surface area contributed by atoms with Gasteiger partial charge in [-0.2, -0.15) is 0 Å². The van der Waals surface area contributed by atoms with Crippen LogP contribution in [-0.4, -0.2) is 95.5 Å². The standard InChI is InChI=1S/C48H57FN10O5S2/c1-5-27-66(63,64)57-36-8-6-7-35(41(36)49)42-43(65-46(56-42)48(2,3)4)37-17-22-50-47(54-37)52-33-11-9-31(10-12-33)32-20-23-58(24-21-32)29-30-18-25-59(26-19-30)34-13-14-38(51-28-34)44(61)53-39-15-16-40(60)55-45(39)62/h6-14,17,22,28,30,32,39,57H,5,15-16,18-21,23-27,29H2,1-4H3,(H,53,61)(H,50,52,54)(H,55,60,62)/t39-/m1/s1. The lowest BCUT2D eigenvalue weighted by molar-refractivity contribution is -0.134. The van der Waals surface area contributed by atoms with Crippen molar-refractivity contribution in [2.24, 2.45) is 5.92 Å². The highest BCUT2D eigenvalue weighted by atomic mass is 32.2. The number of thiazole rings is 1. The number of sulfonamides is 1. The Morgan fingerprint density at radius 2 is 1.68 bits per heavy atom. The molecular formula is C48H57FN10O5S2. The molecule has 3 fully saturated rings. The topological polar surface area (TPSA) is 192 Å². The van der Waals surface area contributed by atoms with E-state index in [1.165, 1.54) is 23.0 Å². The van der Waals surface area contributed by atoms with Crippen LogP contribution in [0.4, 0.5) is 27.4 Å². The van der Waals surface area contributed by atoms with Gasteiger partial charge in [0.2, 0.25) is 27.8 Å². The van der Waals surface area contributed by atoms with E-state index in [0.717, 1.165) is 74.8 Å². The molecule has 2 aromatic carbocycles. The zero-order chi connectivity index (χ0) is 46.6. The Kier molecular flexibility index (Phi) is 14.1. The monoisotopic (exact) mass is 936 g/mol. The zero-order valence-electron chi connectivity index (χ0n) is 37.8. The van der Waals surface area contributed by atoms with Crippen molar-refractivity contribution in [3.63, 3.8) is 0 Å². The molecule has 0 saturated carbocycles. The number of rotatable bonds is 14. The highest BCUT2D eigenvalue weighted by molar-refractivity contribution is 7.92. The second-order valence-corrected chi connectivity index (χ2v) is 21.3. The number of hydrogen-bond acceptors (Lipinski definition) is 13. The van der Waals surface area contributed by atoms with E-state index < -0.39 is 33.7 Å². The molecule has 3 aliphatic heterocycles. The number of nitrogens with one attached hydrogen (secondary N) is 4. The highest BCUT2D eigenvalue weighted by Gasteiger charge is 2.30. The van der Waals surface area contributed by atoms with Crippen molar-refractivity contribution in [3.8, 4) is 21.8 Å². The molecule has 6 heterocycles. The summed E-state index contributed by atoms with van der Waals surface area (Å²) in [6.07, 6.45) is 8.61. The number of amides is 3. The molecule has 0 unspecified atom stereocenters. The Bertz CT molecular complexity index is 2660. The highest BCUT2D eigenvalue weighted by Crippen LogP contribution is 2.42. The number of carbonyl (C=O) groups is 3. The smallest absolute Gasteiger partial charge is 0.270 e. The Morgan fingerprint density at radius 1 is 0.924 bits per heavy atom. The molecule has 0 radical (unpaired) electrons. The van der Waals surface area contributed by atoms with E-state index in [1.807, 2.05) is 26.8 Å². The first-order valence-electron chi connectivity index (χ1n) is 22.7. The van der Waals surface area contributed by atoms with Gasteiger partial charge in [-0.3, -0.25) is 24.4 Å². The van der Waals surface area contributed by atoms with Gasteiger partial charge in [0.1, 0.15) is 11.7 Å². The number of benzene rings is 2. The predicted molar refractivity (Wildman–Crippen MR) is 256 cm³/mol. The summed E-state index contributed by atoms with van der Waals surface area (Å²) >= 11 is 1.43. The number of hydrogen-bond donors (Lipinski definition) is 4. The molecule has 5 aromatic rings. The largest absolute Gasteiger partial charge is 0.370 e. The zero-order valence-corrected chi connectivity index (χ0v) is 39.4. The number of nitrogens with zero attached hydrogens (tertiary/aromatic N) is 6. The molecule has 0 spiro atoms. The Labute approximate surface area is 389 Å². The van der Waals surface area contributed by atoms with E-state index >= 15 is 4.39 Å². The minimum atomic E-state index is -3.71. The van der Waals surface area contributed by atoms with Gasteiger partial charge in [0, 0.05) is 48.9 Å². The first-order chi connectivity index (χ1) is 31.6. The van der Waals surface area contributed by atoms with Crippen LogP contribution in [0.25, 0.3) is 21.8 Å². The van der Waals surface area contributed by atoms with Crippen LogP contribution >= 0.6 is 11.3 Å². The van der Waals surface area contributed by atoms with E-state index in [2.05, 4.69) is 64.7 Å². The van der Waals surface area contributed by atoms with Crippen LogP contribution in [0.5, 0.6) is 0 Å². The molecule has 3 aliphatic rings.